The Bertz CT molecular complexity index is 1560. The molecule has 0 saturated carbocycles. The van der Waals surface area contributed by atoms with Crippen molar-refractivity contribution in [3.05, 3.63) is 88.5 Å². The number of thiazole rings is 1. The maximum atomic E-state index is 13.7. The van der Waals surface area contributed by atoms with Crippen LogP contribution in [0, 0.1) is 13.8 Å². The molecule has 1 amide bonds. The quantitative estimate of drug-likeness (QED) is 0.295. The molecule has 39 heavy (non-hydrogen) atoms. The normalized spacial score (nSPS) is 13.8. The molecule has 5 rings (SSSR count). The summed E-state index contributed by atoms with van der Waals surface area (Å²) in [6.45, 7) is 6.06. The number of rotatable bonds is 7. The van der Waals surface area contributed by atoms with Gasteiger partial charge in [0.2, 0.25) is 10.0 Å². The number of carbonyl (C=O) groups is 1. The topological polar surface area (TPSA) is 73.8 Å². The van der Waals surface area contributed by atoms with E-state index >= 15 is 0 Å². The largest absolute Gasteiger partial charge is 0.308 e. The van der Waals surface area contributed by atoms with Crippen LogP contribution in [0.25, 0.3) is 10.2 Å². The molecule has 0 saturated heterocycles. The van der Waals surface area contributed by atoms with E-state index in [1.165, 1.54) is 38.9 Å². The minimum absolute atomic E-state index is 0. The number of carbonyl (C=O) groups excluding carboxylic acids is 1. The number of aryl methyl sites for hydroxylation is 2. The number of aromatic nitrogens is 1. The number of fused-ring (bicyclic) bond motifs is 2. The van der Waals surface area contributed by atoms with Crippen molar-refractivity contribution in [3.63, 3.8) is 0 Å². The number of halogens is 1. The lowest BCUT2D eigenvalue weighted by Crippen LogP contribution is -2.37. The second-order valence-electron chi connectivity index (χ2n) is 10.0. The molecule has 206 valence electrons. The van der Waals surface area contributed by atoms with Crippen LogP contribution in [0.15, 0.2) is 65.6 Å². The molecule has 2 heterocycles. The van der Waals surface area contributed by atoms with E-state index in [-0.39, 0.29) is 23.2 Å². The number of likely N-dealkylation sites (N-methyl/N-ethyl adjacent to an activating group) is 1. The van der Waals surface area contributed by atoms with Crippen molar-refractivity contribution in [2.24, 2.45) is 0 Å². The van der Waals surface area contributed by atoms with Crippen molar-refractivity contribution in [2.45, 2.75) is 31.7 Å². The molecular weight excluding hydrogens is 552 g/mol. The Morgan fingerprint density at radius 3 is 2.33 bits per heavy atom. The van der Waals surface area contributed by atoms with Gasteiger partial charge in [0.25, 0.3) is 5.91 Å². The molecule has 3 aromatic carbocycles. The van der Waals surface area contributed by atoms with Crippen LogP contribution >= 0.6 is 23.7 Å². The lowest BCUT2D eigenvalue weighted by atomic mass is 10.0. The Morgan fingerprint density at radius 2 is 1.64 bits per heavy atom. The molecule has 10 heteroatoms. The van der Waals surface area contributed by atoms with Crippen molar-refractivity contribution < 1.29 is 13.2 Å². The van der Waals surface area contributed by atoms with Crippen LogP contribution in [0.5, 0.6) is 0 Å². The minimum Gasteiger partial charge on any atom is -0.308 e. The predicted octanol–water partition coefficient (Wildman–Crippen LogP) is 5.29. The summed E-state index contributed by atoms with van der Waals surface area (Å²) in [5, 5.41) is 0.639. The molecule has 1 aromatic heterocycles. The first-order valence-corrected chi connectivity index (χ1v) is 14.9. The molecule has 4 aromatic rings. The van der Waals surface area contributed by atoms with Gasteiger partial charge in [-0.15, -0.1) is 12.4 Å². The molecule has 0 fully saturated rings. The fourth-order valence-corrected chi connectivity index (χ4v) is 7.11. The Kier molecular flexibility index (Phi) is 8.78. The van der Waals surface area contributed by atoms with E-state index in [1.54, 1.807) is 17.0 Å². The lowest BCUT2D eigenvalue weighted by Gasteiger charge is -2.28. The molecule has 0 aliphatic carbocycles. The first kappa shape index (κ1) is 29.2. The zero-order valence-electron chi connectivity index (χ0n) is 22.5. The van der Waals surface area contributed by atoms with Gasteiger partial charge in [-0.3, -0.25) is 9.69 Å². The summed E-state index contributed by atoms with van der Waals surface area (Å²) in [4.78, 5) is 22.4. The van der Waals surface area contributed by atoms with Crippen LogP contribution in [0.2, 0.25) is 0 Å². The lowest BCUT2D eigenvalue weighted by molar-refractivity contribution is 0.0985. The highest BCUT2D eigenvalue weighted by Crippen LogP contribution is 2.32. The third kappa shape index (κ3) is 6.02. The van der Waals surface area contributed by atoms with Crippen molar-refractivity contribution >= 4 is 55.0 Å². The third-order valence-corrected chi connectivity index (χ3v) is 9.97. The highest BCUT2D eigenvalue weighted by Gasteiger charge is 2.29. The summed E-state index contributed by atoms with van der Waals surface area (Å²) in [6, 6.07) is 18.4. The summed E-state index contributed by atoms with van der Waals surface area (Å²) in [5.41, 5.74) is 5.88. The number of benzene rings is 3. The van der Waals surface area contributed by atoms with E-state index in [0.717, 1.165) is 21.3 Å². The Balaban J connectivity index is 0.00000353. The van der Waals surface area contributed by atoms with Gasteiger partial charge in [-0.25, -0.2) is 13.4 Å². The average molecular weight is 585 g/mol. The first-order chi connectivity index (χ1) is 18.1. The summed E-state index contributed by atoms with van der Waals surface area (Å²) >= 11 is 1.50. The van der Waals surface area contributed by atoms with Crippen LogP contribution in [-0.2, 0) is 23.0 Å². The van der Waals surface area contributed by atoms with Crippen LogP contribution < -0.4 is 4.90 Å². The number of nitrogens with zero attached hydrogens (tertiary/aromatic N) is 4. The molecule has 0 spiro atoms. The van der Waals surface area contributed by atoms with E-state index in [0.29, 0.717) is 43.3 Å². The van der Waals surface area contributed by atoms with Gasteiger partial charge >= 0.3 is 0 Å². The van der Waals surface area contributed by atoms with Crippen molar-refractivity contribution in [3.8, 4) is 0 Å². The van der Waals surface area contributed by atoms with Crippen LogP contribution in [-0.4, -0.2) is 62.2 Å². The summed E-state index contributed by atoms with van der Waals surface area (Å²) in [5.74, 6) is -0.199. The van der Waals surface area contributed by atoms with Gasteiger partial charge in [-0.2, -0.15) is 4.31 Å². The van der Waals surface area contributed by atoms with E-state index in [1.807, 2.05) is 37.2 Å². The molecule has 0 bridgehead atoms. The first-order valence-electron chi connectivity index (χ1n) is 12.6. The van der Waals surface area contributed by atoms with E-state index in [9.17, 15) is 13.2 Å². The van der Waals surface area contributed by atoms with Gasteiger partial charge in [0, 0.05) is 31.7 Å². The Morgan fingerprint density at radius 1 is 0.974 bits per heavy atom. The van der Waals surface area contributed by atoms with E-state index < -0.39 is 10.0 Å². The van der Waals surface area contributed by atoms with Gasteiger partial charge in [-0.1, -0.05) is 35.6 Å². The molecule has 7 nitrogen and oxygen atoms in total. The predicted molar refractivity (Wildman–Crippen MR) is 161 cm³/mol. The summed E-state index contributed by atoms with van der Waals surface area (Å²) in [7, 11) is 0.254. The zero-order chi connectivity index (χ0) is 27.0. The number of hydrogen-bond donors (Lipinski definition) is 0. The van der Waals surface area contributed by atoms with E-state index in [4.69, 9.17) is 4.98 Å². The molecule has 0 N–H and O–H groups in total. The van der Waals surface area contributed by atoms with Crippen LogP contribution in [0.4, 0.5) is 5.13 Å². The molecule has 0 radical (unpaired) electrons. The smallest absolute Gasteiger partial charge is 0.260 e. The highest BCUT2D eigenvalue weighted by molar-refractivity contribution is 7.89. The average Bonchev–Trinajstić information content (AvgIpc) is 3.30. The second kappa shape index (κ2) is 11.7. The highest BCUT2D eigenvalue weighted by atomic mass is 35.5. The molecule has 0 unspecified atom stereocenters. The zero-order valence-corrected chi connectivity index (χ0v) is 25.0. The van der Waals surface area contributed by atoms with E-state index in [2.05, 4.69) is 32.0 Å². The SMILES string of the molecule is Cc1cc2nc(N(CCN(C)C)C(=O)c3ccc(S(=O)(=O)N4CCc5ccccc5C4)cc3)sc2cc1C.Cl. The fraction of sp³-hybridized carbons (Fsp3) is 0.310. The third-order valence-electron chi connectivity index (χ3n) is 7.07. The second-order valence-corrected chi connectivity index (χ2v) is 13.0. The van der Waals surface area contributed by atoms with Crippen molar-refractivity contribution in [1.29, 1.82) is 0 Å². The van der Waals surface area contributed by atoms with Gasteiger partial charge in [0.1, 0.15) is 0 Å². The van der Waals surface area contributed by atoms with Crippen molar-refractivity contribution in [1.82, 2.24) is 14.2 Å². The fourth-order valence-electron chi connectivity index (χ4n) is 4.62. The molecule has 1 aliphatic rings. The summed E-state index contributed by atoms with van der Waals surface area (Å²) in [6.07, 6.45) is 0.689. The number of amides is 1. The van der Waals surface area contributed by atoms with Gasteiger partial charge in [0.15, 0.2) is 5.13 Å². The molecular formula is C29H33ClN4O3S2. The van der Waals surface area contributed by atoms with Gasteiger partial charge in [0.05, 0.1) is 15.1 Å². The molecule has 1 aliphatic heterocycles. The van der Waals surface area contributed by atoms with Gasteiger partial charge < -0.3 is 4.90 Å². The number of anilines is 1. The maximum absolute atomic E-state index is 13.7. The number of hydrogen-bond acceptors (Lipinski definition) is 6. The Labute approximate surface area is 240 Å². The monoisotopic (exact) mass is 584 g/mol. The minimum atomic E-state index is -3.68. The van der Waals surface area contributed by atoms with Crippen molar-refractivity contribution in [2.75, 3.05) is 38.6 Å². The van der Waals surface area contributed by atoms with Crippen LogP contribution in [0.1, 0.15) is 32.6 Å². The Hall–Kier alpha value is -2.82. The number of sulfonamides is 1. The van der Waals surface area contributed by atoms with Gasteiger partial charge in [-0.05, 0) is 93.0 Å². The maximum Gasteiger partial charge on any atom is 0.260 e. The molecule has 0 atom stereocenters. The standard InChI is InChI=1S/C29H32N4O3S2.ClH/c1-20-17-26-27(18-21(20)2)37-29(30-26)33(16-15-31(3)4)28(34)23-9-11-25(12-10-23)38(35,36)32-14-13-22-7-5-6-8-24(22)19-32;/h5-12,17-18H,13-16,19H2,1-4H3;1H. The van der Waals surface area contributed by atoms with Crippen LogP contribution in [0.3, 0.4) is 0 Å². The summed E-state index contributed by atoms with van der Waals surface area (Å²) < 4.78 is 29.3.